The van der Waals surface area contributed by atoms with Crippen molar-refractivity contribution in [2.75, 3.05) is 0 Å². The predicted molar refractivity (Wildman–Crippen MR) is 35.3 cm³/mol. The van der Waals surface area contributed by atoms with Crippen molar-refractivity contribution in [2.24, 2.45) is 0 Å². The highest BCUT2D eigenvalue weighted by atomic mass is 19.1. The molecule has 0 aromatic heterocycles. The van der Waals surface area contributed by atoms with Gasteiger partial charge in [-0.05, 0) is 5.56 Å². The molecule has 0 aliphatic rings. The van der Waals surface area contributed by atoms with E-state index in [0.717, 1.165) is 0 Å². The molecule has 1 aromatic rings. The van der Waals surface area contributed by atoms with Crippen LogP contribution in [0.25, 0.3) is 0 Å². The van der Waals surface area contributed by atoms with Crippen molar-refractivity contribution < 1.29 is 14.3 Å². The SMILES string of the molecule is O=C([O-])[C@H](F)c1ccccc1. The van der Waals surface area contributed by atoms with Gasteiger partial charge in [-0.25, -0.2) is 4.39 Å². The van der Waals surface area contributed by atoms with E-state index in [1.165, 1.54) is 12.1 Å². The lowest BCUT2D eigenvalue weighted by Gasteiger charge is -2.07. The molecule has 0 aliphatic heterocycles. The van der Waals surface area contributed by atoms with Gasteiger partial charge in [-0.2, -0.15) is 0 Å². The Morgan fingerprint density at radius 3 is 2.36 bits per heavy atom. The zero-order valence-electron chi connectivity index (χ0n) is 5.66. The minimum atomic E-state index is -2.02. The van der Waals surface area contributed by atoms with Gasteiger partial charge in [-0.3, -0.25) is 0 Å². The maximum atomic E-state index is 12.6. The molecule has 58 valence electrons. The number of rotatable bonds is 2. The van der Waals surface area contributed by atoms with E-state index in [1.54, 1.807) is 18.2 Å². The van der Waals surface area contributed by atoms with Gasteiger partial charge in [0.25, 0.3) is 0 Å². The van der Waals surface area contributed by atoms with E-state index in [4.69, 9.17) is 0 Å². The molecule has 0 spiro atoms. The smallest absolute Gasteiger partial charge is 0.164 e. The lowest BCUT2D eigenvalue weighted by atomic mass is 10.1. The maximum absolute atomic E-state index is 12.6. The summed E-state index contributed by atoms with van der Waals surface area (Å²) in [5.41, 5.74) is 0.118. The third-order valence-electron chi connectivity index (χ3n) is 1.30. The number of carbonyl (C=O) groups excluding carboxylic acids is 1. The van der Waals surface area contributed by atoms with Crippen LogP contribution < -0.4 is 5.11 Å². The fourth-order valence-electron chi connectivity index (χ4n) is 0.758. The Labute approximate surface area is 63.3 Å². The standard InChI is InChI=1S/C8H7FO2/c9-7(8(10)11)6-4-2-1-3-5-6/h1-5,7H,(H,10,11)/p-1/t7-/m1/s1. The quantitative estimate of drug-likeness (QED) is 0.618. The number of hydrogen-bond acceptors (Lipinski definition) is 2. The van der Waals surface area contributed by atoms with Crippen LogP contribution in [0.3, 0.4) is 0 Å². The van der Waals surface area contributed by atoms with Crippen molar-refractivity contribution in [3.8, 4) is 0 Å². The third-order valence-corrected chi connectivity index (χ3v) is 1.30. The van der Waals surface area contributed by atoms with Gasteiger partial charge in [0.1, 0.15) is 0 Å². The molecular weight excluding hydrogens is 147 g/mol. The first-order valence-corrected chi connectivity index (χ1v) is 3.11. The summed E-state index contributed by atoms with van der Waals surface area (Å²) in [6.45, 7) is 0. The first kappa shape index (κ1) is 7.72. The highest BCUT2D eigenvalue weighted by Gasteiger charge is 2.08. The van der Waals surface area contributed by atoms with E-state index in [1.807, 2.05) is 0 Å². The van der Waals surface area contributed by atoms with Crippen molar-refractivity contribution in [1.29, 1.82) is 0 Å². The summed E-state index contributed by atoms with van der Waals surface area (Å²) in [5.74, 6) is -1.70. The molecule has 2 nitrogen and oxygen atoms in total. The summed E-state index contributed by atoms with van der Waals surface area (Å²) in [6, 6.07) is 7.64. The van der Waals surface area contributed by atoms with E-state index < -0.39 is 12.1 Å². The minimum absolute atomic E-state index is 0.118. The molecule has 0 N–H and O–H groups in total. The number of carboxylic acid groups (broad SMARTS) is 1. The van der Waals surface area contributed by atoms with Crippen LogP contribution in [0.4, 0.5) is 4.39 Å². The molecule has 11 heavy (non-hydrogen) atoms. The largest absolute Gasteiger partial charge is 0.547 e. The highest BCUT2D eigenvalue weighted by Crippen LogP contribution is 2.14. The molecule has 0 saturated heterocycles. The van der Waals surface area contributed by atoms with E-state index in [-0.39, 0.29) is 5.56 Å². The van der Waals surface area contributed by atoms with Crippen molar-refractivity contribution in [2.45, 2.75) is 6.17 Å². The van der Waals surface area contributed by atoms with Crippen molar-refractivity contribution in [3.05, 3.63) is 35.9 Å². The summed E-state index contributed by atoms with van der Waals surface area (Å²) in [4.78, 5) is 10.0. The van der Waals surface area contributed by atoms with Crippen molar-refractivity contribution in [3.63, 3.8) is 0 Å². The van der Waals surface area contributed by atoms with Crippen LogP contribution in [-0.2, 0) is 4.79 Å². The second kappa shape index (κ2) is 3.14. The summed E-state index contributed by atoms with van der Waals surface area (Å²) < 4.78 is 12.6. The molecule has 0 amide bonds. The molecule has 0 bridgehead atoms. The van der Waals surface area contributed by atoms with E-state index in [9.17, 15) is 14.3 Å². The second-order valence-corrected chi connectivity index (χ2v) is 2.09. The number of aliphatic carboxylic acids is 1. The molecule has 1 aromatic carbocycles. The first-order chi connectivity index (χ1) is 5.22. The Bertz CT molecular complexity index is 246. The third kappa shape index (κ3) is 1.77. The highest BCUT2D eigenvalue weighted by molar-refractivity contribution is 5.71. The van der Waals surface area contributed by atoms with Gasteiger partial charge in [0.2, 0.25) is 0 Å². The normalized spacial score (nSPS) is 12.5. The summed E-state index contributed by atoms with van der Waals surface area (Å²) >= 11 is 0. The molecule has 0 radical (unpaired) electrons. The lowest BCUT2D eigenvalue weighted by molar-refractivity contribution is -0.312. The maximum Gasteiger partial charge on any atom is 0.164 e. The first-order valence-electron chi connectivity index (χ1n) is 3.11. The van der Waals surface area contributed by atoms with Crippen LogP contribution in [0.2, 0.25) is 0 Å². The van der Waals surface area contributed by atoms with Crippen LogP contribution in [-0.4, -0.2) is 5.97 Å². The average molecular weight is 153 g/mol. The van der Waals surface area contributed by atoms with Crippen LogP contribution in [0.1, 0.15) is 11.7 Å². The lowest BCUT2D eigenvalue weighted by Crippen LogP contribution is -2.27. The summed E-state index contributed by atoms with van der Waals surface area (Å²) in [5, 5.41) is 10.0. The van der Waals surface area contributed by atoms with Crippen LogP contribution in [0.15, 0.2) is 30.3 Å². The van der Waals surface area contributed by atoms with E-state index in [0.29, 0.717) is 0 Å². The van der Waals surface area contributed by atoms with Gasteiger partial charge in [-0.1, -0.05) is 30.3 Å². The van der Waals surface area contributed by atoms with Gasteiger partial charge in [0, 0.05) is 0 Å². The molecule has 0 aliphatic carbocycles. The zero-order valence-corrected chi connectivity index (χ0v) is 5.66. The number of carbonyl (C=O) groups is 1. The monoisotopic (exact) mass is 153 g/mol. The Kier molecular flexibility index (Phi) is 2.21. The number of halogens is 1. The van der Waals surface area contributed by atoms with E-state index >= 15 is 0 Å². The molecule has 1 atom stereocenters. The number of hydrogen-bond donors (Lipinski definition) is 0. The Hall–Kier alpha value is -1.38. The molecule has 0 saturated carbocycles. The molecule has 0 unspecified atom stereocenters. The fraction of sp³-hybridized carbons (Fsp3) is 0.125. The Morgan fingerprint density at radius 1 is 1.36 bits per heavy atom. The molecule has 3 heteroatoms. The van der Waals surface area contributed by atoms with Crippen molar-refractivity contribution in [1.82, 2.24) is 0 Å². The van der Waals surface area contributed by atoms with Gasteiger partial charge in [0.05, 0.1) is 5.97 Å². The zero-order chi connectivity index (χ0) is 8.27. The van der Waals surface area contributed by atoms with Gasteiger partial charge in [-0.15, -0.1) is 0 Å². The molecule has 0 fully saturated rings. The van der Waals surface area contributed by atoms with Gasteiger partial charge >= 0.3 is 0 Å². The summed E-state index contributed by atoms with van der Waals surface area (Å²) in [7, 11) is 0. The van der Waals surface area contributed by atoms with E-state index in [2.05, 4.69) is 0 Å². The number of benzene rings is 1. The minimum Gasteiger partial charge on any atom is -0.547 e. The molecule has 1 rings (SSSR count). The van der Waals surface area contributed by atoms with Gasteiger partial charge in [0.15, 0.2) is 6.17 Å². The second-order valence-electron chi connectivity index (χ2n) is 2.09. The van der Waals surface area contributed by atoms with Gasteiger partial charge < -0.3 is 9.90 Å². The molecular formula is C8H6FO2-. The number of carboxylic acids is 1. The summed E-state index contributed by atoms with van der Waals surface area (Å²) in [6.07, 6.45) is -2.02. The van der Waals surface area contributed by atoms with Crippen LogP contribution in [0, 0.1) is 0 Å². The average Bonchev–Trinajstić information content (AvgIpc) is 2.05. The van der Waals surface area contributed by atoms with Crippen LogP contribution in [0.5, 0.6) is 0 Å². The number of alkyl halides is 1. The Balaban J connectivity index is 2.85. The Morgan fingerprint density at radius 2 is 1.91 bits per heavy atom. The molecule has 0 heterocycles. The topological polar surface area (TPSA) is 40.1 Å². The van der Waals surface area contributed by atoms with Crippen molar-refractivity contribution >= 4 is 5.97 Å². The van der Waals surface area contributed by atoms with Crippen LogP contribution >= 0.6 is 0 Å². The fourth-order valence-corrected chi connectivity index (χ4v) is 0.758. The predicted octanol–water partition coefficient (Wildman–Crippen LogP) is 0.447.